The fourth-order valence-corrected chi connectivity index (χ4v) is 3.40. The number of hydrogen-bond acceptors (Lipinski definition) is 4. The molecule has 0 bridgehead atoms. The van der Waals surface area contributed by atoms with Crippen LogP contribution in [0.4, 0.5) is 10.1 Å². The third-order valence-corrected chi connectivity index (χ3v) is 4.77. The van der Waals surface area contributed by atoms with E-state index in [0.29, 0.717) is 16.7 Å². The second kappa shape index (κ2) is 5.91. The van der Waals surface area contributed by atoms with Crippen molar-refractivity contribution in [1.82, 2.24) is 24.6 Å². The Morgan fingerprint density at radius 1 is 1.28 bits per heavy atom. The van der Waals surface area contributed by atoms with Crippen LogP contribution in [0.15, 0.2) is 36.9 Å². The molecule has 1 fully saturated rings. The van der Waals surface area contributed by atoms with Gasteiger partial charge in [-0.05, 0) is 13.0 Å². The van der Waals surface area contributed by atoms with Crippen molar-refractivity contribution in [2.24, 2.45) is 7.05 Å². The molecule has 0 aromatic carbocycles. The average Bonchev–Trinajstić information content (AvgIpc) is 3.18. The smallest absolute Gasteiger partial charge is 0.160 e. The fourth-order valence-electron chi connectivity index (χ4n) is 3.40. The number of aromatic amines is 1. The van der Waals surface area contributed by atoms with Crippen molar-refractivity contribution in [2.45, 2.75) is 6.92 Å². The summed E-state index contributed by atoms with van der Waals surface area (Å²) in [5.74, 6) is -0.270. The van der Waals surface area contributed by atoms with Crippen molar-refractivity contribution in [1.29, 1.82) is 0 Å². The van der Waals surface area contributed by atoms with Gasteiger partial charge in [-0.3, -0.25) is 4.68 Å². The van der Waals surface area contributed by atoms with Gasteiger partial charge in [-0.15, -0.1) is 0 Å². The van der Waals surface area contributed by atoms with Gasteiger partial charge in [0.1, 0.15) is 5.65 Å². The van der Waals surface area contributed by atoms with E-state index in [2.05, 4.69) is 31.4 Å². The number of aryl methyl sites for hydroxylation is 1. The van der Waals surface area contributed by atoms with Gasteiger partial charge in [0.15, 0.2) is 5.82 Å². The molecule has 0 spiro atoms. The third kappa shape index (κ3) is 2.65. The van der Waals surface area contributed by atoms with Crippen LogP contribution in [-0.2, 0) is 7.05 Å². The van der Waals surface area contributed by atoms with Gasteiger partial charge in [0.2, 0.25) is 0 Å². The van der Waals surface area contributed by atoms with E-state index < -0.39 is 0 Å². The third-order valence-electron chi connectivity index (χ3n) is 4.77. The molecular weight excluding hydrogens is 319 g/mol. The molecular formula is C18H21FN6. The molecule has 25 heavy (non-hydrogen) atoms. The van der Waals surface area contributed by atoms with Crippen LogP contribution in [0, 0.1) is 5.82 Å². The lowest BCUT2D eigenvalue weighted by molar-refractivity contribution is 0.323. The number of allylic oxidation sites excluding steroid dienone is 1. The first-order valence-electron chi connectivity index (χ1n) is 8.35. The molecule has 4 heterocycles. The molecule has 130 valence electrons. The molecule has 0 aliphatic carbocycles. The molecule has 1 aliphatic rings. The fraction of sp³-hybridized carbons (Fsp3) is 0.333. The SMILES string of the molecule is C=C(C)N1CCN(c2ccnc3[nH]c(-c4cnn(C)c4)c(F)c23)CC1. The Labute approximate surface area is 145 Å². The van der Waals surface area contributed by atoms with Gasteiger partial charge >= 0.3 is 0 Å². The largest absolute Gasteiger partial charge is 0.372 e. The highest BCUT2D eigenvalue weighted by molar-refractivity contribution is 5.94. The number of H-pyrrole nitrogens is 1. The second-order valence-corrected chi connectivity index (χ2v) is 6.48. The van der Waals surface area contributed by atoms with E-state index in [1.165, 1.54) is 0 Å². The van der Waals surface area contributed by atoms with E-state index in [0.717, 1.165) is 43.1 Å². The Bertz CT molecular complexity index is 932. The molecule has 1 saturated heterocycles. The van der Waals surface area contributed by atoms with E-state index in [1.54, 1.807) is 23.3 Å². The quantitative estimate of drug-likeness (QED) is 0.797. The Balaban J connectivity index is 1.73. The lowest BCUT2D eigenvalue weighted by Gasteiger charge is -2.37. The van der Waals surface area contributed by atoms with Crippen molar-refractivity contribution in [3.05, 3.63) is 42.8 Å². The van der Waals surface area contributed by atoms with Crippen LogP contribution >= 0.6 is 0 Å². The normalized spacial score (nSPS) is 15.2. The topological polar surface area (TPSA) is 53.0 Å². The summed E-state index contributed by atoms with van der Waals surface area (Å²) in [5.41, 5.74) is 3.68. The highest BCUT2D eigenvalue weighted by Gasteiger charge is 2.23. The molecule has 1 aliphatic heterocycles. The van der Waals surface area contributed by atoms with Crippen molar-refractivity contribution in [3.63, 3.8) is 0 Å². The number of aromatic nitrogens is 4. The Kier molecular flexibility index (Phi) is 3.71. The average molecular weight is 340 g/mol. The maximum Gasteiger partial charge on any atom is 0.160 e. The first-order chi connectivity index (χ1) is 12.0. The van der Waals surface area contributed by atoms with Crippen molar-refractivity contribution >= 4 is 16.7 Å². The van der Waals surface area contributed by atoms with Crippen molar-refractivity contribution < 1.29 is 4.39 Å². The highest BCUT2D eigenvalue weighted by atomic mass is 19.1. The van der Waals surface area contributed by atoms with Gasteiger partial charge in [-0.1, -0.05) is 6.58 Å². The second-order valence-electron chi connectivity index (χ2n) is 6.48. The number of rotatable bonds is 3. The molecule has 6 nitrogen and oxygen atoms in total. The lowest BCUT2D eigenvalue weighted by atomic mass is 10.2. The van der Waals surface area contributed by atoms with Gasteiger partial charge in [-0.2, -0.15) is 5.10 Å². The molecule has 3 aromatic rings. The Morgan fingerprint density at radius 3 is 2.68 bits per heavy atom. The van der Waals surface area contributed by atoms with E-state index in [1.807, 2.05) is 20.0 Å². The van der Waals surface area contributed by atoms with Gasteiger partial charge < -0.3 is 14.8 Å². The summed E-state index contributed by atoms with van der Waals surface area (Å²) < 4.78 is 16.8. The van der Waals surface area contributed by atoms with Gasteiger partial charge in [0.05, 0.1) is 23.0 Å². The molecule has 0 unspecified atom stereocenters. The first kappa shape index (κ1) is 15.7. The van der Waals surface area contributed by atoms with Gasteiger partial charge in [0, 0.05) is 56.9 Å². The summed E-state index contributed by atoms with van der Waals surface area (Å²) in [5, 5.41) is 4.67. The summed E-state index contributed by atoms with van der Waals surface area (Å²) in [6.07, 6.45) is 5.17. The van der Waals surface area contributed by atoms with Crippen LogP contribution in [0.3, 0.4) is 0 Å². The standard InChI is InChI=1S/C18H21FN6/c1-12(2)24-6-8-25(9-7-24)14-4-5-20-18-15(14)16(19)17(22-18)13-10-21-23(3)11-13/h4-5,10-11H,1,6-9H2,2-3H3,(H,20,22). The Hall–Kier alpha value is -2.83. The van der Waals surface area contributed by atoms with Crippen molar-refractivity contribution in [2.75, 3.05) is 31.1 Å². The number of anilines is 1. The zero-order valence-corrected chi connectivity index (χ0v) is 14.5. The number of halogens is 1. The molecule has 1 N–H and O–H groups in total. The van der Waals surface area contributed by atoms with E-state index in [9.17, 15) is 0 Å². The van der Waals surface area contributed by atoms with Gasteiger partial charge in [0.25, 0.3) is 0 Å². The molecule has 3 aromatic heterocycles. The number of fused-ring (bicyclic) bond motifs is 1. The molecule has 0 atom stereocenters. The zero-order valence-electron chi connectivity index (χ0n) is 14.5. The van der Waals surface area contributed by atoms with E-state index >= 15 is 4.39 Å². The maximum atomic E-state index is 15.2. The Morgan fingerprint density at radius 2 is 2.04 bits per heavy atom. The number of pyridine rings is 1. The minimum absolute atomic E-state index is 0.270. The zero-order chi connectivity index (χ0) is 17.6. The number of nitrogens with one attached hydrogen (secondary N) is 1. The number of nitrogens with zero attached hydrogens (tertiary/aromatic N) is 5. The van der Waals surface area contributed by atoms with Crippen LogP contribution < -0.4 is 4.90 Å². The van der Waals surface area contributed by atoms with Crippen LogP contribution in [-0.4, -0.2) is 50.8 Å². The van der Waals surface area contributed by atoms with Gasteiger partial charge in [-0.25, -0.2) is 9.37 Å². The van der Waals surface area contributed by atoms with E-state index in [-0.39, 0.29) is 5.82 Å². The summed E-state index contributed by atoms with van der Waals surface area (Å²) in [4.78, 5) is 11.9. The molecule has 4 rings (SSSR count). The summed E-state index contributed by atoms with van der Waals surface area (Å²) in [7, 11) is 1.81. The van der Waals surface area contributed by atoms with Crippen LogP contribution in [0.1, 0.15) is 6.92 Å². The maximum absolute atomic E-state index is 15.2. The summed E-state index contributed by atoms with van der Waals surface area (Å²) in [6.45, 7) is 9.47. The first-order valence-corrected chi connectivity index (χ1v) is 8.35. The number of piperazine rings is 1. The summed E-state index contributed by atoms with van der Waals surface area (Å²) in [6, 6.07) is 1.89. The molecule has 0 saturated carbocycles. The van der Waals surface area contributed by atoms with Crippen LogP contribution in [0.5, 0.6) is 0 Å². The number of hydrogen-bond donors (Lipinski definition) is 1. The monoisotopic (exact) mass is 340 g/mol. The molecule has 0 amide bonds. The molecule has 0 radical (unpaired) electrons. The van der Waals surface area contributed by atoms with Crippen molar-refractivity contribution in [3.8, 4) is 11.3 Å². The molecule has 7 heteroatoms. The predicted octanol–water partition coefficient (Wildman–Crippen LogP) is 2.76. The lowest BCUT2D eigenvalue weighted by Crippen LogP contribution is -2.45. The minimum atomic E-state index is -0.270. The summed E-state index contributed by atoms with van der Waals surface area (Å²) >= 11 is 0. The van der Waals surface area contributed by atoms with Crippen LogP contribution in [0.25, 0.3) is 22.3 Å². The predicted molar refractivity (Wildman–Crippen MR) is 96.9 cm³/mol. The van der Waals surface area contributed by atoms with E-state index in [4.69, 9.17) is 0 Å². The highest BCUT2D eigenvalue weighted by Crippen LogP contribution is 2.34. The van der Waals surface area contributed by atoms with Crippen LogP contribution in [0.2, 0.25) is 0 Å². The minimum Gasteiger partial charge on any atom is -0.372 e.